The van der Waals surface area contributed by atoms with Crippen molar-refractivity contribution in [3.63, 3.8) is 0 Å². The largest absolute Gasteiger partial charge is 0.504 e. The van der Waals surface area contributed by atoms with Gasteiger partial charge < -0.3 is 24.4 Å². The second-order valence-electron chi connectivity index (χ2n) is 8.32. The fourth-order valence-electron chi connectivity index (χ4n) is 6.47. The average molecular weight is 373 g/mol. The van der Waals surface area contributed by atoms with Crippen molar-refractivity contribution in [3.05, 3.63) is 35.9 Å². The van der Waals surface area contributed by atoms with Crippen LogP contribution in [0.3, 0.4) is 0 Å². The minimum atomic E-state index is -0.967. The van der Waals surface area contributed by atoms with Crippen LogP contribution in [0.15, 0.2) is 24.8 Å². The van der Waals surface area contributed by atoms with E-state index in [4.69, 9.17) is 14.2 Å². The van der Waals surface area contributed by atoms with Crippen LogP contribution in [0.25, 0.3) is 0 Å². The minimum absolute atomic E-state index is 0.0231. The third-order valence-corrected chi connectivity index (χ3v) is 7.63. The van der Waals surface area contributed by atoms with Crippen LogP contribution < -0.4 is 4.74 Å². The molecule has 0 aromatic heterocycles. The first-order chi connectivity index (χ1) is 13.0. The Hall–Kier alpha value is -1.60. The van der Waals surface area contributed by atoms with Crippen molar-refractivity contribution in [2.45, 2.75) is 54.6 Å². The number of phenolic OH excluding ortho intramolecular Hbond substituents is 1. The van der Waals surface area contributed by atoms with Gasteiger partial charge in [-0.15, -0.1) is 6.58 Å². The summed E-state index contributed by atoms with van der Waals surface area (Å²) in [6.45, 7) is 5.47. The highest BCUT2D eigenvalue weighted by Gasteiger charge is 2.76. The maximum Gasteiger partial charge on any atom is 0.206 e. The maximum atomic E-state index is 12.2. The Labute approximate surface area is 159 Å². The molecule has 4 atom stereocenters. The summed E-state index contributed by atoms with van der Waals surface area (Å²) in [4.78, 5) is 2.33. The number of methoxy groups -OCH3 is 2. The van der Waals surface area contributed by atoms with Crippen molar-refractivity contribution >= 4 is 0 Å². The Kier molecular flexibility index (Phi) is 3.55. The summed E-state index contributed by atoms with van der Waals surface area (Å²) < 4.78 is 18.1. The highest BCUT2D eigenvalue weighted by Crippen LogP contribution is 2.67. The number of likely N-dealkylation sites (tertiary alicyclic amines) is 1. The van der Waals surface area contributed by atoms with Gasteiger partial charge in [0.1, 0.15) is 0 Å². The number of aromatic hydroxyl groups is 1. The molecular weight excluding hydrogens is 346 g/mol. The van der Waals surface area contributed by atoms with E-state index in [1.807, 2.05) is 12.1 Å². The maximum absolute atomic E-state index is 12.2. The summed E-state index contributed by atoms with van der Waals surface area (Å²) in [7, 11) is 3.26. The van der Waals surface area contributed by atoms with Gasteiger partial charge in [0.05, 0.1) is 11.0 Å². The topological polar surface area (TPSA) is 71.4 Å². The Morgan fingerprint density at radius 3 is 2.78 bits per heavy atom. The zero-order chi connectivity index (χ0) is 19.0. The van der Waals surface area contributed by atoms with E-state index in [9.17, 15) is 10.2 Å². The van der Waals surface area contributed by atoms with Gasteiger partial charge in [0.15, 0.2) is 17.6 Å². The number of nitrogens with zero attached hydrogens (tertiary/aromatic N) is 1. The molecule has 4 aliphatic rings. The second kappa shape index (κ2) is 5.47. The normalized spacial score (nSPS) is 38.2. The Bertz CT molecular complexity index is 806. The van der Waals surface area contributed by atoms with Gasteiger partial charge >= 0.3 is 0 Å². The number of hydrogen-bond donors (Lipinski definition) is 2. The molecule has 2 aliphatic carbocycles. The van der Waals surface area contributed by atoms with Crippen molar-refractivity contribution in [3.8, 4) is 11.5 Å². The number of hydrogen-bond acceptors (Lipinski definition) is 6. The van der Waals surface area contributed by atoms with Gasteiger partial charge in [-0.05, 0) is 37.4 Å². The summed E-state index contributed by atoms with van der Waals surface area (Å²) >= 11 is 0. The van der Waals surface area contributed by atoms with Gasteiger partial charge in [-0.1, -0.05) is 12.1 Å². The summed E-state index contributed by atoms with van der Waals surface area (Å²) in [6, 6.07) is 3.65. The molecule has 1 saturated carbocycles. The Balaban J connectivity index is 1.78. The van der Waals surface area contributed by atoms with Crippen molar-refractivity contribution in [1.29, 1.82) is 0 Å². The molecule has 6 nitrogen and oxygen atoms in total. The predicted octanol–water partition coefficient (Wildman–Crippen LogP) is 1.72. The molecule has 6 heteroatoms. The summed E-state index contributed by atoms with van der Waals surface area (Å²) in [5.74, 6) is -0.336. The van der Waals surface area contributed by atoms with E-state index < -0.39 is 22.9 Å². The lowest BCUT2D eigenvalue weighted by atomic mass is 9.48. The van der Waals surface area contributed by atoms with E-state index in [0.29, 0.717) is 18.6 Å². The highest BCUT2D eigenvalue weighted by atomic mass is 16.7. The third kappa shape index (κ3) is 1.80. The molecule has 1 saturated heterocycles. The van der Waals surface area contributed by atoms with Crippen molar-refractivity contribution in [2.24, 2.45) is 0 Å². The van der Waals surface area contributed by atoms with Crippen LogP contribution in [0, 0.1) is 0 Å². The zero-order valence-electron chi connectivity index (χ0n) is 15.9. The smallest absolute Gasteiger partial charge is 0.206 e. The van der Waals surface area contributed by atoms with E-state index in [1.54, 1.807) is 20.3 Å². The van der Waals surface area contributed by atoms with Gasteiger partial charge in [-0.25, -0.2) is 0 Å². The molecule has 27 heavy (non-hydrogen) atoms. The lowest BCUT2D eigenvalue weighted by Crippen LogP contribution is -2.79. The molecule has 5 rings (SSSR count). The van der Waals surface area contributed by atoms with Crippen molar-refractivity contribution in [2.75, 3.05) is 27.3 Å². The lowest BCUT2D eigenvalue weighted by Gasteiger charge is -2.65. The molecule has 1 unspecified atom stereocenters. The molecule has 1 aromatic carbocycles. The van der Waals surface area contributed by atoms with E-state index in [-0.39, 0.29) is 11.8 Å². The quantitative estimate of drug-likeness (QED) is 0.619. The lowest BCUT2D eigenvalue weighted by molar-refractivity contribution is -0.319. The van der Waals surface area contributed by atoms with Crippen LogP contribution in [0.1, 0.15) is 30.4 Å². The van der Waals surface area contributed by atoms with E-state index in [1.165, 1.54) is 0 Å². The van der Waals surface area contributed by atoms with Gasteiger partial charge in [-0.2, -0.15) is 0 Å². The highest BCUT2D eigenvalue weighted by molar-refractivity contribution is 5.62. The monoisotopic (exact) mass is 373 g/mol. The molecule has 1 aromatic rings. The van der Waals surface area contributed by atoms with E-state index >= 15 is 0 Å². The molecule has 1 spiro atoms. The number of phenols is 1. The molecule has 2 bridgehead atoms. The SMILES string of the molecule is C=CCN1CC[C@]23c4c5ccc(O)c4OC2C(OC)(OC)CC[C@@]3(O)[C@H]1C5. The van der Waals surface area contributed by atoms with Crippen molar-refractivity contribution in [1.82, 2.24) is 4.90 Å². The predicted molar refractivity (Wildman–Crippen MR) is 99.0 cm³/mol. The van der Waals surface area contributed by atoms with Crippen LogP contribution in [-0.4, -0.2) is 66.0 Å². The summed E-state index contributed by atoms with van der Waals surface area (Å²) in [5.41, 5.74) is 0.478. The Morgan fingerprint density at radius 1 is 1.30 bits per heavy atom. The fourth-order valence-corrected chi connectivity index (χ4v) is 6.47. The fraction of sp³-hybridized carbons (Fsp3) is 0.619. The van der Waals surface area contributed by atoms with Crippen LogP contribution in [0.4, 0.5) is 0 Å². The molecule has 2 fully saturated rings. The molecule has 2 heterocycles. The van der Waals surface area contributed by atoms with E-state index in [2.05, 4.69) is 11.5 Å². The van der Waals surface area contributed by atoms with Gasteiger partial charge in [0.2, 0.25) is 5.79 Å². The molecule has 0 radical (unpaired) electrons. The van der Waals surface area contributed by atoms with Gasteiger partial charge in [0, 0.05) is 38.8 Å². The van der Waals surface area contributed by atoms with E-state index in [0.717, 1.165) is 37.1 Å². The zero-order valence-corrected chi connectivity index (χ0v) is 15.9. The Morgan fingerprint density at radius 2 is 2.07 bits per heavy atom. The van der Waals surface area contributed by atoms with Gasteiger partial charge in [-0.3, -0.25) is 4.90 Å². The summed E-state index contributed by atoms with van der Waals surface area (Å²) in [6.07, 6.45) is 3.94. The second-order valence-corrected chi connectivity index (χ2v) is 8.32. The van der Waals surface area contributed by atoms with Crippen LogP contribution in [0.5, 0.6) is 11.5 Å². The molecule has 2 aliphatic heterocycles. The average Bonchev–Trinajstić information content (AvgIpc) is 3.03. The number of ether oxygens (including phenoxy) is 3. The third-order valence-electron chi connectivity index (χ3n) is 7.63. The van der Waals surface area contributed by atoms with Crippen LogP contribution >= 0.6 is 0 Å². The molecule has 146 valence electrons. The summed E-state index contributed by atoms with van der Waals surface area (Å²) in [5, 5.41) is 22.7. The number of benzene rings is 1. The first kappa shape index (κ1) is 17.5. The number of rotatable bonds is 4. The van der Waals surface area contributed by atoms with Crippen LogP contribution in [-0.2, 0) is 21.3 Å². The molecule has 2 N–H and O–H groups in total. The molecular formula is C21H27NO5. The number of aliphatic hydroxyl groups is 1. The standard InChI is InChI=1S/C21H27NO5/c1-4-10-22-11-9-19-16-13-5-6-14(23)17(16)27-18(19)21(25-2,26-3)8-7-20(19,24)15(22)12-13/h4-6,15,18,23-24H,1,7-12H2,2-3H3/t15-,18?,19+,20-/m1/s1. The first-order valence-corrected chi connectivity index (χ1v) is 9.67. The molecule has 0 amide bonds. The number of piperidine rings is 1. The van der Waals surface area contributed by atoms with Crippen LogP contribution in [0.2, 0.25) is 0 Å². The first-order valence-electron chi connectivity index (χ1n) is 9.67. The van der Waals surface area contributed by atoms with Gasteiger partial charge in [0.25, 0.3) is 0 Å². The minimum Gasteiger partial charge on any atom is -0.504 e. The van der Waals surface area contributed by atoms with Crippen molar-refractivity contribution < 1.29 is 24.4 Å².